The lowest BCUT2D eigenvalue weighted by Gasteiger charge is -2.25. The summed E-state index contributed by atoms with van der Waals surface area (Å²) >= 11 is 0. The number of nitrogens with zero attached hydrogens (tertiary/aromatic N) is 2. The maximum absolute atomic E-state index is 13.2. The van der Waals surface area contributed by atoms with Crippen molar-refractivity contribution in [3.63, 3.8) is 0 Å². The molecule has 3 fully saturated rings. The van der Waals surface area contributed by atoms with E-state index in [9.17, 15) is 8.42 Å². The quantitative estimate of drug-likeness (QED) is 0.772. The van der Waals surface area contributed by atoms with Gasteiger partial charge in [0, 0.05) is 38.5 Å². The maximum atomic E-state index is 13.2. The first-order chi connectivity index (χ1) is 13.5. The van der Waals surface area contributed by atoms with Crippen LogP contribution >= 0.6 is 0 Å². The van der Waals surface area contributed by atoms with E-state index in [-0.39, 0.29) is 10.8 Å². The maximum Gasteiger partial charge on any atom is 0.248 e. The van der Waals surface area contributed by atoms with Crippen LogP contribution < -0.4 is 10.1 Å². The largest absolute Gasteiger partial charge is 0.480 e. The summed E-state index contributed by atoms with van der Waals surface area (Å²) in [6, 6.07) is 2.17. The molecule has 1 N–H and O–H groups in total. The van der Waals surface area contributed by atoms with Gasteiger partial charge in [-0.15, -0.1) is 0 Å². The Morgan fingerprint density at radius 1 is 1.25 bits per heavy atom. The normalized spacial score (nSPS) is 29.1. The lowest BCUT2D eigenvalue weighted by molar-refractivity contribution is 0.0654. The van der Waals surface area contributed by atoms with Crippen LogP contribution in [0.4, 0.5) is 0 Å². The van der Waals surface area contributed by atoms with Crippen LogP contribution in [0.25, 0.3) is 0 Å². The minimum Gasteiger partial charge on any atom is -0.480 e. The Hall–Kier alpha value is -1.22. The van der Waals surface area contributed by atoms with Gasteiger partial charge in [0.15, 0.2) is 0 Å². The van der Waals surface area contributed by atoms with Crippen LogP contribution in [-0.4, -0.2) is 63.7 Å². The highest BCUT2D eigenvalue weighted by Gasteiger charge is 2.45. The molecule has 3 atom stereocenters. The van der Waals surface area contributed by atoms with Gasteiger partial charge in [0.2, 0.25) is 15.9 Å². The van der Waals surface area contributed by atoms with Crippen molar-refractivity contribution in [3.05, 3.63) is 17.8 Å². The van der Waals surface area contributed by atoms with Crippen molar-refractivity contribution in [3.8, 4) is 5.88 Å². The van der Waals surface area contributed by atoms with Crippen LogP contribution in [0.3, 0.4) is 0 Å². The van der Waals surface area contributed by atoms with E-state index in [0.717, 1.165) is 51.0 Å². The van der Waals surface area contributed by atoms with Crippen molar-refractivity contribution in [2.45, 2.75) is 43.5 Å². The molecule has 1 aliphatic carbocycles. The number of fused-ring (bicyclic) bond motifs is 1. The van der Waals surface area contributed by atoms with Gasteiger partial charge in [0.25, 0.3) is 0 Å². The van der Waals surface area contributed by atoms with Crippen molar-refractivity contribution in [1.82, 2.24) is 14.6 Å². The van der Waals surface area contributed by atoms with Gasteiger partial charge < -0.3 is 14.8 Å². The van der Waals surface area contributed by atoms with E-state index in [4.69, 9.17) is 9.47 Å². The summed E-state index contributed by atoms with van der Waals surface area (Å²) in [5.74, 6) is 1.77. The lowest BCUT2D eigenvalue weighted by Crippen LogP contribution is -2.36. The summed E-state index contributed by atoms with van der Waals surface area (Å²) in [6.45, 7) is 5.86. The molecule has 2 saturated heterocycles. The Morgan fingerprint density at radius 2 is 1.93 bits per heavy atom. The molecule has 0 spiro atoms. The number of rotatable bonds is 6. The predicted molar refractivity (Wildman–Crippen MR) is 106 cm³/mol. The average Bonchev–Trinajstić information content (AvgIpc) is 3.26. The Balaban J connectivity index is 1.36. The SMILES string of the molecule is COc1ncc(C)cc1S(=O)(=O)N1C[C@H]2CC(NCC3CCOCC3)C[C@H]2C1. The van der Waals surface area contributed by atoms with Gasteiger partial charge in [-0.3, -0.25) is 0 Å². The minimum absolute atomic E-state index is 0.179. The van der Waals surface area contributed by atoms with E-state index in [1.54, 1.807) is 16.6 Å². The van der Waals surface area contributed by atoms with Crippen molar-refractivity contribution in [1.29, 1.82) is 0 Å². The van der Waals surface area contributed by atoms with E-state index < -0.39 is 10.0 Å². The van der Waals surface area contributed by atoms with Gasteiger partial charge >= 0.3 is 0 Å². The van der Waals surface area contributed by atoms with Gasteiger partial charge in [-0.25, -0.2) is 13.4 Å². The molecule has 7 nitrogen and oxygen atoms in total. The molecule has 1 saturated carbocycles. The summed E-state index contributed by atoms with van der Waals surface area (Å²) in [7, 11) is -2.12. The zero-order chi connectivity index (χ0) is 19.7. The van der Waals surface area contributed by atoms with Gasteiger partial charge in [-0.1, -0.05) is 0 Å². The van der Waals surface area contributed by atoms with E-state index in [0.29, 0.717) is 36.9 Å². The number of pyridine rings is 1. The van der Waals surface area contributed by atoms with E-state index in [1.165, 1.54) is 7.11 Å². The van der Waals surface area contributed by atoms with E-state index in [2.05, 4.69) is 10.3 Å². The third-order valence-electron chi connectivity index (χ3n) is 6.52. The molecule has 28 heavy (non-hydrogen) atoms. The standard InChI is InChI=1S/C20H31N3O4S/c1-14-7-19(20(26-2)22-10-14)28(24,25)23-12-16-8-18(9-17(16)13-23)21-11-15-3-5-27-6-4-15/h7,10,15-18,21H,3-6,8-9,11-13H2,1-2H3/t16-,17+,18?. The third kappa shape index (κ3) is 4.06. The highest BCUT2D eigenvalue weighted by molar-refractivity contribution is 7.89. The molecule has 1 unspecified atom stereocenters. The molecular weight excluding hydrogens is 378 g/mol. The van der Waals surface area contributed by atoms with Crippen molar-refractivity contribution < 1.29 is 17.9 Å². The molecule has 0 aromatic carbocycles. The zero-order valence-corrected chi connectivity index (χ0v) is 17.6. The van der Waals surface area contributed by atoms with Crippen LogP contribution in [0.15, 0.2) is 17.2 Å². The highest BCUT2D eigenvalue weighted by Crippen LogP contribution is 2.41. The Kier molecular flexibility index (Phi) is 5.92. The van der Waals surface area contributed by atoms with Crippen LogP contribution in [0, 0.1) is 24.7 Å². The number of aryl methyl sites for hydroxylation is 1. The highest BCUT2D eigenvalue weighted by atomic mass is 32.2. The second-order valence-corrected chi connectivity index (χ2v) is 10.4. The molecule has 2 aliphatic heterocycles. The van der Waals surface area contributed by atoms with Crippen LogP contribution in [0.2, 0.25) is 0 Å². The number of aromatic nitrogens is 1. The third-order valence-corrected chi connectivity index (χ3v) is 8.35. The number of sulfonamides is 1. The fourth-order valence-corrected chi connectivity index (χ4v) is 6.66. The van der Waals surface area contributed by atoms with Gasteiger partial charge in [0.1, 0.15) is 4.90 Å². The lowest BCUT2D eigenvalue weighted by atomic mass is 10.00. The number of methoxy groups -OCH3 is 1. The molecule has 0 radical (unpaired) electrons. The summed E-state index contributed by atoms with van der Waals surface area (Å²) < 4.78 is 38.7. The molecule has 0 amide bonds. The minimum atomic E-state index is -3.58. The Labute approximate surface area is 167 Å². The molecule has 156 valence electrons. The van der Waals surface area contributed by atoms with E-state index >= 15 is 0 Å². The van der Waals surface area contributed by atoms with Crippen LogP contribution in [-0.2, 0) is 14.8 Å². The van der Waals surface area contributed by atoms with Gasteiger partial charge in [-0.2, -0.15) is 4.31 Å². The number of ether oxygens (including phenoxy) is 2. The smallest absolute Gasteiger partial charge is 0.248 e. The molecular formula is C20H31N3O4S. The van der Waals surface area contributed by atoms with Gasteiger partial charge in [-0.05, 0) is 68.5 Å². The fourth-order valence-electron chi connectivity index (χ4n) is 4.91. The second kappa shape index (κ2) is 8.26. The molecule has 1 aromatic rings. The first kappa shape index (κ1) is 20.1. The molecule has 3 heterocycles. The van der Waals surface area contributed by atoms with Gasteiger partial charge in [0.05, 0.1) is 7.11 Å². The topological polar surface area (TPSA) is 80.8 Å². The summed E-state index contributed by atoms with van der Waals surface area (Å²) in [4.78, 5) is 4.32. The fraction of sp³-hybridized carbons (Fsp3) is 0.750. The number of hydrogen-bond donors (Lipinski definition) is 1. The van der Waals surface area contributed by atoms with Crippen LogP contribution in [0.5, 0.6) is 5.88 Å². The summed E-state index contributed by atoms with van der Waals surface area (Å²) in [5.41, 5.74) is 0.816. The Morgan fingerprint density at radius 3 is 2.57 bits per heavy atom. The van der Waals surface area contributed by atoms with Crippen molar-refractivity contribution in [2.24, 2.45) is 17.8 Å². The van der Waals surface area contributed by atoms with Crippen molar-refractivity contribution in [2.75, 3.05) is 40.0 Å². The van der Waals surface area contributed by atoms with E-state index in [1.807, 2.05) is 6.92 Å². The molecule has 0 bridgehead atoms. The molecule has 4 rings (SSSR count). The number of hydrogen-bond acceptors (Lipinski definition) is 6. The van der Waals surface area contributed by atoms with Crippen LogP contribution in [0.1, 0.15) is 31.2 Å². The average molecular weight is 410 g/mol. The Bertz CT molecular complexity index is 781. The molecule has 3 aliphatic rings. The van der Waals surface area contributed by atoms with Crippen molar-refractivity contribution >= 4 is 10.0 Å². The predicted octanol–water partition coefficient (Wildman–Crippen LogP) is 1.81. The summed E-state index contributed by atoms with van der Waals surface area (Å²) in [6.07, 6.45) is 6.04. The zero-order valence-electron chi connectivity index (χ0n) is 16.8. The first-order valence-electron chi connectivity index (χ1n) is 10.3. The molecule has 1 aromatic heterocycles. The monoisotopic (exact) mass is 409 g/mol. The number of nitrogens with one attached hydrogen (secondary N) is 1. The second-order valence-electron chi connectivity index (χ2n) is 8.49. The molecule has 8 heteroatoms. The summed E-state index contributed by atoms with van der Waals surface area (Å²) in [5, 5.41) is 3.74. The first-order valence-corrected chi connectivity index (χ1v) is 11.7.